The van der Waals surface area contributed by atoms with Crippen LogP contribution < -0.4 is 11.1 Å². The van der Waals surface area contributed by atoms with Gasteiger partial charge in [-0.1, -0.05) is 23.2 Å². The first-order chi connectivity index (χ1) is 11.8. The fraction of sp³-hybridized carbons (Fsp3) is 0.471. The van der Waals surface area contributed by atoms with Gasteiger partial charge in [0.05, 0.1) is 10.0 Å². The van der Waals surface area contributed by atoms with Crippen molar-refractivity contribution >= 4 is 40.9 Å². The molecule has 0 radical (unpaired) electrons. The molecule has 0 spiro atoms. The summed E-state index contributed by atoms with van der Waals surface area (Å²) in [6, 6.07) is 3.82. The number of carbonyl (C=O) groups is 3. The lowest BCUT2D eigenvalue weighted by atomic mass is 10.1. The van der Waals surface area contributed by atoms with Crippen LogP contribution in [-0.4, -0.2) is 35.4 Å². The third-order valence-electron chi connectivity index (χ3n) is 4.23. The molecule has 1 aliphatic rings. The monoisotopic (exact) mass is 386 g/mol. The first-order valence-corrected chi connectivity index (χ1v) is 8.82. The van der Waals surface area contributed by atoms with Gasteiger partial charge in [0.2, 0.25) is 5.91 Å². The standard InChI is InChI=1S/C17H20Cl2N2O4/c18-12-5-4-9(7-13(12)19)15(22)10-8-11(10)16(23)21-6-2-1-3-14(20)17(24)25/h4-5,7,10-11,14H,1-3,6,8,20H2,(H,21,23)(H,24,25)/t10-,11-,14?/m0/s1. The molecule has 6 nitrogen and oxygen atoms in total. The molecule has 4 N–H and O–H groups in total. The fourth-order valence-corrected chi connectivity index (χ4v) is 2.89. The van der Waals surface area contributed by atoms with Crippen LogP contribution in [0.5, 0.6) is 0 Å². The first-order valence-electron chi connectivity index (χ1n) is 8.06. The van der Waals surface area contributed by atoms with Crippen molar-refractivity contribution in [2.24, 2.45) is 17.6 Å². The number of hydrogen-bond acceptors (Lipinski definition) is 4. The van der Waals surface area contributed by atoms with E-state index in [9.17, 15) is 14.4 Å². The molecular formula is C17H20Cl2N2O4. The van der Waals surface area contributed by atoms with E-state index in [1.54, 1.807) is 12.1 Å². The number of nitrogens with two attached hydrogens (primary N) is 1. The Labute approximate surface area is 155 Å². The van der Waals surface area contributed by atoms with E-state index in [4.69, 9.17) is 34.0 Å². The third kappa shape index (κ3) is 5.42. The van der Waals surface area contributed by atoms with Gasteiger partial charge in [-0.3, -0.25) is 14.4 Å². The van der Waals surface area contributed by atoms with Crippen molar-refractivity contribution in [3.05, 3.63) is 33.8 Å². The maximum absolute atomic E-state index is 12.3. The van der Waals surface area contributed by atoms with Gasteiger partial charge < -0.3 is 16.2 Å². The highest BCUT2D eigenvalue weighted by molar-refractivity contribution is 6.42. The largest absolute Gasteiger partial charge is 0.480 e. The smallest absolute Gasteiger partial charge is 0.320 e. The number of carboxylic acid groups (broad SMARTS) is 1. The molecule has 0 aromatic heterocycles. The summed E-state index contributed by atoms with van der Waals surface area (Å²) < 4.78 is 0. The number of carbonyl (C=O) groups excluding carboxylic acids is 2. The van der Waals surface area contributed by atoms with Gasteiger partial charge >= 0.3 is 5.97 Å². The van der Waals surface area contributed by atoms with Crippen molar-refractivity contribution in [2.75, 3.05) is 6.54 Å². The second-order valence-electron chi connectivity index (χ2n) is 6.17. The summed E-state index contributed by atoms with van der Waals surface area (Å²) in [5.74, 6) is -1.92. The topological polar surface area (TPSA) is 109 Å². The summed E-state index contributed by atoms with van der Waals surface area (Å²) in [6.45, 7) is 0.440. The van der Waals surface area contributed by atoms with Crippen LogP contribution in [0, 0.1) is 11.8 Å². The van der Waals surface area contributed by atoms with Crippen LogP contribution >= 0.6 is 23.2 Å². The highest BCUT2D eigenvalue weighted by atomic mass is 35.5. The molecule has 136 valence electrons. The molecule has 1 amide bonds. The Morgan fingerprint density at radius 2 is 1.92 bits per heavy atom. The predicted molar refractivity (Wildman–Crippen MR) is 94.9 cm³/mol. The minimum absolute atomic E-state index is 0.105. The Morgan fingerprint density at radius 1 is 1.20 bits per heavy atom. The summed E-state index contributed by atoms with van der Waals surface area (Å²) in [7, 11) is 0. The van der Waals surface area contributed by atoms with Gasteiger partial charge in [-0.25, -0.2) is 0 Å². The first kappa shape index (κ1) is 19.7. The zero-order valence-electron chi connectivity index (χ0n) is 13.5. The molecule has 1 unspecified atom stereocenters. The Hall–Kier alpha value is -1.63. The van der Waals surface area contributed by atoms with Crippen molar-refractivity contribution in [2.45, 2.75) is 31.7 Å². The number of carboxylic acids is 1. The van der Waals surface area contributed by atoms with Crippen LogP contribution in [0.15, 0.2) is 18.2 Å². The van der Waals surface area contributed by atoms with E-state index in [-0.39, 0.29) is 23.5 Å². The van der Waals surface area contributed by atoms with E-state index in [0.717, 1.165) is 0 Å². The van der Waals surface area contributed by atoms with E-state index >= 15 is 0 Å². The summed E-state index contributed by atoms with van der Waals surface area (Å²) in [4.78, 5) is 35.0. The minimum atomic E-state index is -1.02. The lowest BCUT2D eigenvalue weighted by molar-refractivity contribution is -0.138. The number of nitrogens with one attached hydrogen (secondary N) is 1. The molecule has 0 heterocycles. The predicted octanol–water partition coefficient (Wildman–Crippen LogP) is 2.51. The minimum Gasteiger partial charge on any atom is -0.480 e. The van der Waals surface area contributed by atoms with E-state index in [1.807, 2.05) is 0 Å². The number of benzene rings is 1. The number of ketones is 1. The molecule has 1 aliphatic carbocycles. The van der Waals surface area contributed by atoms with Gasteiger partial charge in [0, 0.05) is 23.9 Å². The average molecular weight is 387 g/mol. The quantitative estimate of drug-likeness (QED) is 0.446. The Balaban J connectivity index is 1.71. The number of rotatable bonds is 9. The van der Waals surface area contributed by atoms with Crippen LogP contribution in [0.3, 0.4) is 0 Å². The summed E-state index contributed by atoms with van der Waals surface area (Å²) in [6.07, 6.45) is 2.15. The molecule has 1 fully saturated rings. The summed E-state index contributed by atoms with van der Waals surface area (Å²) in [5.41, 5.74) is 5.86. The molecule has 2 rings (SSSR count). The lowest BCUT2D eigenvalue weighted by Crippen LogP contribution is -2.30. The Bertz CT molecular complexity index is 681. The Kier molecular flexibility index (Phi) is 6.81. The third-order valence-corrected chi connectivity index (χ3v) is 4.97. The van der Waals surface area contributed by atoms with E-state index in [1.165, 1.54) is 6.07 Å². The van der Waals surface area contributed by atoms with Crippen LogP contribution in [-0.2, 0) is 9.59 Å². The van der Waals surface area contributed by atoms with Crippen LogP contribution in [0.1, 0.15) is 36.0 Å². The molecule has 0 bridgehead atoms. The maximum atomic E-state index is 12.3. The van der Waals surface area contributed by atoms with Gasteiger partial charge in [0.1, 0.15) is 6.04 Å². The van der Waals surface area contributed by atoms with Gasteiger partial charge in [0.15, 0.2) is 5.78 Å². The molecule has 8 heteroatoms. The molecule has 1 aromatic carbocycles. The zero-order chi connectivity index (χ0) is 18.6. The lowest BCUT2D eigenvalue weighted by Gasteiger charge is -2.07. The van der Waals surface area contributed by atoms with Crippen molar-refractivity contribution in [3.8, 4) is 0 Å². The van der Waals surface area contributed by atoms with Gasteiger partial charge in [-0.15, -0.1) is 0 Å². The van der Waals surface area contributed by atoms with E-state index in [2.05, 4.69) is 5.32 Å². The number of Topliss-reactive ketones (excluding diaryl/α,β-unsaturated/α-hetero) is 1. The number of amides is 1. The van der Waals surface area contributed by atoms with Gasteiger partial charge in [0.25, 0.3) is 0 Å². The second kappa shape index (κ2) is 8.65. The molecule has 0 saturated heterocycles. The molecule has 25 heavy (non-hydrogen) atoms. The number of unbranched alkanes of at least 4 members (excludes halogenated alkanes) is 1. The van der Waals surface area contributed by atoms with Crippen LogP contribution in [0.4, 0.5) is 0 Å². The number of aliphatic carboxylic acids is 1. The van der Waals surface area contributed by atoms with Crippen molar-refractivity contribution in [1.29, 1.82) is 0 Å². The molecular weight excluding hydrogens is 367 g/mol. The van der Waals surface area contributed by atoms with Crippen molar-refractivity contribution in [3.63, 3.8) is 0 Å². The van der Waals surface area contributed by atoms with Crippen LogP contribution in [0.2, 0.25) is 10.0 Å². The summed E-state index contributed by atoms with van der Waals surface area (Å²) >= 11 is 11.7. The molecule has 0 aliphatic heterocycles. The van der Waals surface area contributed by atoms with Crippen molar-refractivity contribution < 1.29 is 19.5 Å². The number of hydrogen-bond donors (Lipinski definition) is 3. The highest BCUT2D eigenvalue weighted by Crippen LogP contribution is 2.41. The average Bonchev–Trinajstić information content (AvgIpc) is 3.36. The zero-order valence-corrected chi connectivity index (χ0v) is 15.0. The highest BCUT2D eigenvalue weighted by Gasteiger charge is 2.47. The molecule has 3 atom stereocenters. The summed E-state index contributed by atoms with van der Waals surface area (Å²) in [5, 5.41) is 12.1. The molecule has 1 saturated carbocycles. The second-order valence-corrected chi connectivity index (χ2v) is 6.99. The van der Waals surface area contributed by atoms with Crippen LogP contribution in [0.25, 0.3) is 0 Å². The maximum Gasteiger partial charge on any atom is 0.320 e. The Morgan fingerprint density at radius 3 is 2.56 bits per heavy atom. The number of halogens is 2. The fourth-order valence-electron chi connectivity index (χ4n) is 2.59. The van der Waals surface area contributed by atoms with Crippen molar-refractivity contribution in [1.82, 2.24) is 5.32 Å². The SMILES string of the molecule is NC(CCCCNC(=O)[C@H]1C[C@@H]1C(=O)c1ccc(Cl)c(Cl)c1)C(=O)O. The van der Waals surface area contributed by atoms with E-state index in [0.29, 0.717) is 47.8 Å². The van der Waals surface area contributed by atoms with Gasteiger partial charge in [-0.05, 0) is 43.9 Å². The van der Waals surface area contributed by atoms with E-state index < -0.39 is 12.0 Å². The normalized spacial score (nSPS) is 20.0. The molecule has 1 aromatic rings. The van der Waals surface area contributed by atoms with Gasteiger partial charge in [-0.2, -0.15) is 0 Å².